The van der Waals surface area contributed by atoms with Gasteiger partial charge in [0.2, 0.25) is 0 Å². The van der Waals surface area contributed by atoms with Gasteiger partial charge in [0.15, 0.2) is 12.4 Å². The normalized spacial score (nSPS) is 14.6. The van der Waals surface area contributed by atoms with E-state index >= 15 is 0 Å². The van der Waals surface area contributed by atoms with Gasteiger partial charge in [-0.05, 0) is 37.1 Å². The number of nitrogens with one attached hydrogen (secondary N) is 1. The number of phenols is 1. The maximum absolute atomic E-state index is 12.2. The molecule has 2 aromatic rings. The molecule has 0 bridgehead atoms. The van der Waals surface area contributed by atoms with Crippen molar-refractivity contribution in [2.24, 2.45) is 5.92 Å². The second-order valence-corrected chi connectivity index (χ2v) is 6.22. The molecule has 1 saturated heterocycles. The second kappa shape index (κ2) is 8.39. The van der Waals surface area contributed by atoms with E-state index in [4.69, 9.17) is 9.15 Å². The highest BCUT2D eigenvalue weighted by Gasteiger charge is 2.30. The molecule has 2 N–H and O–H groups in total. The average Bonchev–Trinajstić information content (AvgIpc) is 3.22. The molecule has 8 heteroatoms. The summed E-state index contributed by atoms with van der Waals surface area (Å²) in [4.78, 5) is 37.8. The fourth-order valence-corrected chi connectivity index (χ4v) is 2.89. The molecular weight excluding hydrogens is 352 g/mol. The molecule has 0 spiro atoms. The van der Waals surface area contributed by atoms with E-state index in [0.29, 0.717) is 25.9 Å². The zero-order valence-electron chi connectivity index (χ0n) is 14.6. The summed E-state index contributed by atoms with van der Waals surface area (Å²) in [6.07, 6.45) is 2.37. The van der Waals surface area contributed by atoms with E-state index in [1.165, 1.54) is 12.3 Å². The van der Waals surface area contributed by atoms with E-state index in [9.17, 15) is 19.5 Å². The van der Waals surface area contributed by atoms with Gasteiger partial charge in [-0.3, -0.25) is 14.4 Å². The van der Waals surface area contributed by atoms with Crippen LogP contribution in [0.1, 0.15) is 23.4 Å². The number of ether oxygens (including phenoxy) is 1. The van der Waals surface area contributed by atoms with Gasteiger partial charge in [-0.1, -0.05) is 12.1 Å². The number of rotatable bonds is 5. The van der Waals surface area contributed by atoms with Crippen LogP contribution in [0.4, 0.5) is 5.69 Å². The molecule has 1 aromatic heterocycles. The van der Waals surface area contributed by atoms with Gasteiger partial charge >= 0.3 is 5.97 Å². The summed E-state index contributed by atoms with van der Waals surface area (Å²) in [5.41, 5.74) is 0.253. The molecule has 1 aliphatic heterocycles. The Bertz CT molecular complexity index is 809. The molecule has 0 atom stereocenters. The van der Waals surface area contributed by atoms with Gasteiger partial charge in [-0.2, -0.15) is 0 Å². The van der Waals surface area contributed by atoms with Crippen LogP contribution in [0.5, 0.6) is 5.75 Å². The first kappa shape index (κ1) is 18.5. The lowest BCUT2D eigenvalue weighted by Gasteiger charge is -2.30. The van der Waals surface area contributed by atoms with Crippen LogP contribution in [0.25, 0.3) is 0 Å². The van der Waals surface area contributed by atoms with E-state index in [2.05, 4.69) is 5.32 Å². The number of hydrogen-bond donors (Lipinski definition) is 2. The Morgan fingerprint density at radius 1 is 1.15 bits per heavy atom. The highest BCUT2D eigenvalue weighted by Crippen LogP contribution is 2.22. The number of anilines is 1. The first-order valence-corrected chi connectivity index (χ1v) is 8.62. The van der Waals surface area contributed by atoms with Crippen LogP contribution in [0, 0.1) is 5.92 Å². The van der Waals surface area contributed by atoms with E-state index < -0.39 is 18.5 Å². The smallest absolute Gasteiger partial charge is 0.309 e. The van der Waals surface area contributed by atoms with Crippen LogP contribution in [-0.4, -0.2) is 47.5 Å². The van der Waals surface area contributed by atoms with Crippen LogP contribution >= 0.6 is 0 Å². The van der Waals surface area contributed by atoms with Crippen molar-refractivity contribution in [3.63, 3.8) is 0 Å². The maximum atomic E-state index is 12.2. The van der Waals surface area contributed by atoms with Crippen molar-refractivity contribution in [2.75, 3.05) is 25.0 Å². The molecular formula is C19H20N2O6. The third-order valence-corrected chi connectivity index (χ3v) is 4.37. The third kappa shape index (κ3) is 4.66. The van der Waals surface area contributed by atoms with Crippen molar-refractivity contribution in [3.8, 4) is 5.75 Å². The molecule has 142 valence electrons. The predicted molar refractivity (Wildman–Crippen MR) is 95.0 cm³/mol. The maximum Gasteiger partial charge on any atom is 0.309 e. The Kier molecular flexibility index (Phi) is 5.75. The summed E-state index contributed by atoms with van der Waals surface area (Å²) in [6, 6.07) is 9.54. The molecule has 8 nitrogen and oxygen atoms in total. The largest absolute Gasteiger partial charge is 0.506 e. The number of phenolic OH excluding ortho intramolecular Hbond substituents is 1. The lowest BCUT2D eigenvalue weighted by molar-refractivity contribution is -0.152. The first-order valence-electron chi connectivity index (χ1n) is 8.62. The Labute approximate surface area is 155 Å². The van der Waals surface area contributed by atoms with Crippen molar-refractivity contribution in [2.45, 2.75) is 12.8 Å². The number of furan rings is 1. The van der Waals surface area contributed by atoms with Gasteiger partial charge in [0, 0.05) is 13.1 Å². The minimum atomic E-state index is -0.532. The summed E-state index contributed by atoms with van der Waals surface area (Å²) in [5, 5.41) is 12.1. The number of nitrogens with zero attached hydrogens (tertiary/aromatic N) is 1. The molecule has 2 amide bonds. The Morgan fingerprint density at radius 2 is 1.89 bits per heavy atom. The zero-order chi connectivity index (χ0) is 19.2. The molecule has 1 aromatic carbocycles. The highest BCUT2D eigenvalue weighted by atomic mass is 16.5. The standard InChI is InChI=1S/C19H20N2O6/c22-15-5-2-1-4-14(15)20-17(23)12-27-19(25)13-7-9-21(10-8-13)18(24)16-6-3-11-26-16/h1-6,11,13,22H,7-10,12H2,(H,20,23). The minimum absolute atomic E-state index is 0.0641. The minimum Gasteiger partial charge on any atom is -0.506 e. The second-order valence-electron chi connectivity index (χ2n) is 6.22. The number of para-hydroxylation sites is 2. The van der Waals surface area contributed by atoms with Crippen LogP contribution in [0.3, 0.4) is 0 Å². The number of hydrogen-bond acceptors (Lipinski definition) is 6. The Balaban J connectivity index is 1.42. The van der Waals surface area contributed by atoms with Gasteiger partial charge < -0.3 is 24.5 Å². The Hall–Kier alpha value is -3.29. The lowest BCUT2D eigenvalue weighted by Crippen LogP contribution is -2.40. The van der Waals surface area contributed by atoms with Gasteiger partial charge in [-0.25, -0.2) is 0 Å². The molecule has 1 aliphatic rings. The van der Waals surface area contributed by atoms with E-state index in [-0.39, 0.29) is 29.0 Å². The topological polar surface area (TPSA) is 109 Å². The molecule has 2 heterocycles. The molecule has 0 unspecified atom stereocenters. The number of carbonyl (C=O) groups is 3. The predicted octanol–water partition coefficient (Wildman–Crippen LogP) is 2.02. The van der Waals surface area contributed by atoms with E-state index in [1.807, 2.05) is 0 Å². The number of esters is 1. The summed E-state index contributed by atoms with van der Waals surface area (Å²) < 4.78 is 10.2. The highest BCUT2D eigenvalue weighted by molar-refractivity contribution is 5.94. The van der Waals surface area contributed by atoms with E-state index in [0.717, 1.165) is 0 Å². The summed E-state index contributed by atoms with van der Waals surface area (Å²) >= 11 is 0. The van der Waals surface area contributed by atoms with E-state index in [1.54, 1.807) is 35.2 Å². The van der Waals surface area contributed by atoms with Crippen LogP contribution in [-0.2, 0) is 14.3 Å². The third-order valence-electron chi connectivity index (χ3n) is 4.37. The lowest BCUT2D eigenvalue weighted by atomic mass is 9.97. The number of amides is 2. The van der Waals surface area contributed by atoms with Crippen LogP contribution in [0.2, 0.25) is 0 Å². The van der Waals surface area contributed by atoms with Crippen molar-refractivity contribution in [1.82, 2.24) is 4.90 Å². The zero-order valence-corrected chi connectivity index (χ0v) is 14.6. The fourth-order valence-electron chi connectivity index (χ4n) is 2.89. The summed E-state index contributed by atoms with van der Waals surface area (Å²) in [7, 11) is 0. The summed E-state index contributed by atoms with van der Waals surface area (Å²) in [6.45, 7) is 0.408. The van der Waals surface area contributed by atoms with Crippen molar-refractivity contribution >= 4 is 23.5 Å². The summed E-state index contributed by atoms with van der Waals surface area (Å²) in [5.74, 6) is -1.34. The Morgan fingerprint density at radius 3 is 2.56 bits per heavy atom. The number of carbonyl (C=O) groups excluding carboxylic acids is 3. The quantitative estimate of drug-likeness (QED) is 0.614. The molecule has 27 heavy (non-hydrogen) atoms. The van der Waals surface area contributed by atoms with Gasteiger partial charge in [-0.15, -0.1) is 0 Å². The first-order chi connectivity index (χ1) is 13.0. The average molecular weight is 372 g/mol. The molecule has 0 radical (unpaired) electrons. The fraction of sp³-hybridized carbons (Fsp3) is 0.316. The molecule has 0 saturated carbocycles. The number of likely N-dealkylation sites (tertiary alicyclic amines) is 1. The monoisotopic (exact) mass is 372 g/mol. The SMILES string of the molecule is O=C(COC(=O)C1CCN(C(=O)c2ccco2)CC1)Nc1ccccc1O. The van der Waals surface area contributed by atoms with Crippen molar-refractivity contribution < 1.29 is 28.6 Å². The van der Waals surface area contributed by atoms with Crippen LogP contribution < -0.4 is 5.32 Å². The van der Waals surface area contributed by atoms with Gasteiger partial charge in [0.05, 0.1) is 17.9 Å². The van der Waals surface area contributed by atoms with Crippen molar-refractivity contribution in [1.29, 1.82) is 0 Å². The van der Waals surface area contributed by atoms with Gasteiger partial charge in [0.25, 0.3) is 11.8 Å². The molecule has 1 fully saturated rings. The van der Waals surface area contributed by atoms with Gasteiger partial charge in [0.1, 0.15) is 5.75 Å². The van der Waals surface area contributed by atoms with Crippen LogP contribution in [0.15, 0.2) is 47.1 Å². The van der Waals surface area contributed by atoms with Crippen molar-refractivity contribution in [3.05, 3.63) is 48.4 Å². The molecule has 0 aliphatic carbocycles. The molecule has 3 rings (SSSR count). The number of aromatic hydroxyl groups is 1. The number of piperidine rings is 1. The number of benzene rings is 1.